The van der Waals surface area contributed by atoms with Crippen LogP contribution in [0.5, 0.6) is 0 Å². The minimum atomic E-state index is -0.000872. The number of aryl methyl sites for hydroxylation is 2. The monoisotopic (exact) mass is 415 g/mol. The zero-order valence-corrected chi connectivity index (χ0v) is 18.7. The van der Waals surface area contributed by atoms with Gasteiger partial charge in [-0.2, -0.15) is 0 Å². The van der Waals surface area contributed by atoms with Crippen molar-refractivity contribution >= 4 is 11.7 Å². The van der Waals surface area contributed by atoms with Crippen LogP contribution in [0.15, 0.2) is 66.9 Å². The van der Waals surface area contributed by atoms with Gasteiger partial charge in [0.2, 0.25) is 0 Å². The first-order valence-electron chi connectivity index (χ1n) is 11.4. The average molecular weight is 416 g/mol. The summed E-state index contributed by atoms with van der Waals surface area (Å²) in [6.07, 6.45) is 7.95. The Hall–Kier alpha value is -3.01. The Bertz CT molecular complexity index is 999. The molecule has 2 aromatic carbocycles. The van der Waals surface area contributed by atoms with Crippen LogP contribution in [-0.4, -0.2) is 21.5 Å². The number of rotatable bonds is 6. The van der Waals surface area contributed by atoms with E-state index in [1.54, 1.807) is 0 Å². The van der Waals surface area contributed by atoms with E-state index in [9.17, 15) is 4.79 Å². The molecule has 1 heterocycles. The molecular weight excluding hydrogens is 382 g/mol. The molecular formula is C27H33N3O. The van der Waals surface area contributed by atoms with Crippen molar-refractivity contribution in [1.29, 1.82) is 0 Å². The minimum Gasteiger partial charge on any atom is -0.345 e. The van der Waals surface area contributed by atoms with Crippen molar-refractivity contribution in [3.05, 3.63) is 89.2 Å². The number of benzene rings is 2. The predicted molar refractivity (Wildman–Crippen MR) is 127 cm³/mol. The number of nitrogens with zero attached hydrogens (tertiary/aromatic N) is 2. The maximum atomic E-state index is 13.3. The van der Waals surface area contributed by atoms with Gasteiger partial charge in [0, 0.05) is 30.2 Å². The van der Waals surface area contributed by atoms with Gasteiger partial charge in [-0.3, -0.25) is 0 Å². The summed E-state index contributed by atoms with van der Waals surface area (Å²) in [5.74, 6) is 0. The largest absolute Gasteiger partial charge is 0.345 e. The zero-order valence-electron chi connectivity index (χ0n) is 18.7. The molecule has 0 radical (unpaired) electrons. The van der Waals surface area contributed by atoms with Gasteiger partial charge in [-0.25, -0.2) is 4.79 Å². The second-order valence-corrected chi connectivity index (χ2v) is 8.83. The second kappa shape index (κ2) is 9.86. The van der Waals surface area contributed by atoms with Gasteiger partial charge in [-0.05, 0) is 56.5 Å². The highest BCUT2D eigenvalue weighted by atomic mass is 16.2. The average Bonchev–Trinajstić information content (AvgIpc) is 3.21. The third-order valence-electron chi connectivity index (χ3n) is 6.27. The van der Waals surface area contributed by atoms with Crippen LogP contribution in [0.25, 0.3) is 0 Å². The summed E-state index contributed by atoms with van der Waals surface area (Å²) in [6.45, 7) is 5.63. The lowest BCUT2D eigenvalue weighted by Crippen LogP contribution is -2.43. The van der Waals surface area contributed by atoms with E-state index in [4.69, 9.17) is 0 Å². The lowest BCUT2D eigenvalue weighted by Gasteiger charge is -2.34. The number of anilines is 1. The van der Waals surface area contributed by atoms with Crippen molar-refractivity contribution in [3.63, 3.8) is 0 Å². The molecule has 4 rings (SSSR count). The number of hydrogen-bond acceptors (Lipinski definition) is 1. The van der Waals surface area contributed by atoms with Gasteiger partial charge in [0.15, 0.2) is 0 Å². The highest BCUT2D eigenvalue weighted by Crippen LogP contribution is 2.25. The maximum absolute atomic E-state index is 13.3. The van der Waals surface area contributed by atoms with Crippen LogP contribution >= 0.6 is 0 Å². The summed E-state index contributed by atoms with van der Waals surface area (Å²) >= 11 is 0. The lowest BCUT2D eigenvalue weighted by atomic mass is 9.94. The van der Waals surface area contributed by atoms with E-state index in [0.717, 1.165) is 25.1 Å². The number of amides is 2. The van der Waals surface area contributed by atoms with E-state index in [-0.39, 0.29) is 6.03 Å². The number of nitrogens with one attached hydrogen (secondary N) is 1. The first kappa shape index (κ1) is 21.2. The van der Waals surface area contributed by atoms with Gasteiger partial charge in [-0.1, -0.05) is 66.8 Å². The second-order valence-electron chi connectivity index (χ2n) is 8.83. The molecule has 2 amide bonds. The van der Waals surface area contributed by atoms with E-state index >= 15 is 0 Å². The molecule has 0 atom stereocenters. The maximum Gasteiger partial charge on any atom is 0.322 e. The molecule has 1 aliphatic carbocycles. The first-order chi connectivity index (χ1) is 15.1. The molecule has 0 saturated heterocycles. The van der Waals surface area contributed by atoms with Gasteiger partial charge in [0.25, 0.3) is 0 Å². The van der Waals surface area contributed by atoms with Gasteiger partial charge in [0.1, 0.15) is 0 Å². The van der Waals surface area contributed by atoms with Crippen LogP contribution in [0, 0.1) is 13.8 Å². The fourth-order valence-electron chi connectivity index (χ4n) is 4.52. The van der Waals surface area contributed by atoms with Crippen LogP contribution in [0.3, 0.4) is 0 Å². The summed E-state index contributed by atoms with van der Waals surface area (Å²) in [4.78, 5) is 15.4. The molecule has 1 aromatic heterocycles. The number of aromatic nitrogens is 1. The Morgan fingerprint density at radius 2 is 1.74 bits per heavy atom. The van der Waals surface area contributed by atoms with E-state index in [1.807, 2.05) is 24.3 Å². The number of hydrogen-bond donors (Lipinski definition) is 1. The molecule has 4 heteroatoms. The van der Waals surface area contributed by atoms with Crippen molar-refractivity contribution in [2.24, 2.45) is 0 Å². The normalized spacial score (nSPS) is 14.4. The van der Waals surface area contributed by atoms with Crippen molar-refractivity contribution in [1.82, 2.24) is 9.47 Å². The molecule has 0 aliphatic heterocycles. The predicted octanol–water partition coefficient (Wildman–Crippen LogP) is 6.52. The van der Waals surface area contributed by atoms with E-state index < -0.39 is 0 Å². The number of urea groups is 1. The van der Waals surface area contributed by atoms with Crippen LogP contribution in [0.2, 0.25) is 0 Å². The molecule has 0 spiro atoms. The molecule has 0 bridgehead atoms. The summed E-state index contributed by atoms with van der Waals surface area (Å²) in [5, 5.41) is 3.13. The molecule has 1 N–H and O–H groups in total. The van der Waals surface area contributed by atoms with Crippen LogP contribution in [0.4, 0.5) is 10.5 Å². The molecule has 162 valence electrons. The Balaban J connectivity index is 1.53. The van der Waals surface area contributed by atoms with Gasteiger partial charge < -0.3 is 14.8 Å². The fourth-order valence-corrected chi connectivity index (χ4v) is 4.52. The third-order valence-corrected chi connectivity index (χ3v) is 6.27. The van der Waals surface area contributed by atoms with Gasteiger partial charge >= 0.3 is 6.03 Å². The number of carbonyl (C=O) groups is 1. The van der Waals surface area contributed by atoms with E-state index in [0.29, 0.717) is 12.6 Å². The molecule has 0 unspecified atom stereocenters. The Morgan fingerprint density at radius 1 is 0.968 bits per heavy atom. The SMILES string of the molecule is Cc1ccc(NC(=O)N(Cc2cccn2Cc2cccc(C)c2)C2CCCCC2)cc1. The summed E-state index contributed by atoms with van der Waals surface area (Å²) in [6, 6.07) is 21.2. The van der Waals surface area contributed by atoms with Gasteiger partial charge in [0.05, 0.1) is 6.54 Å². The van der Waals surface area contributed by atoms with Crippen molar-refractivity contribution in [3.8, 4) is 0 Å². The quantitative estimate of drug-likeness (QED) is 0.489. The topological polar surface area (TPSA) is 37.3 Å². The smallest absolute Gasteiger partial charge is 0.322 e. The standard InChI is InChI=1S/C27H33N3O/c1-21-13-15-24(16-14-21)28-27(31)30(25-10-4-3-5-11-25)20-26-12-7-17-29(26)19-23-9-6-8-22(2)18-23/h6-9,12-18,25H,3-5,10-11,19-20H2,1-2H3,(H,28,31). The van der Waals surface area contributed by atoms with Crippen molar-refractivity contribution < 1.29 is 4.79 Å². The van der Waals surface area contributed by atoms with Gasteiger partial charge in [-0.15, -0.1) is 0 Å². The molecule has 1 fully saturated rings. The van der Waals surface area contributed by atoms with Crippen molar-refractivity contribution in [2.45, 2.75) is 65.1 Å². The van der Waals surface area contributed by atoms with Crippen LogP contribution in [-0.2, 0) is 13.1 Å². The first-order valence-corrected chi connectivity index (χ1v) is 11.4. The summed E-state index contributed by atoms with van der Waals surface area (Å²) in [7, 11) is 0. The minimum absolute atomic E-state index is 0.000872. The lowest BCUT2D eigenvalue weighted by molar-refractivity contribution is 0.161. The zero-order chi connectivity index (χ0) is 21.6. The molecule has 1 aliphatic rings. The number of carbonyl (C=O) groups excluding carboxylic acids is 1. The fraction of sp³-hybridized carbons (Fsp3) is 0.370. The Morgan fingerprint density at radius 3 is 2.48 bits per heavy atom. The molecule has 3 aromatic rings. The summed E-state index contributed by atoms with van der Waals surface area (Å²) in [5.41, 5.74) is 5.77. The Labute approximate surface area is 185 Å². The van der Waals surface area contributed by atoms with Crippen LogP contribution < -0.4 is 5.32 Å². The van der Waals surface area contributed by atoms with Crippen LogP contribution in [0.1, 0.15) is 54.5 Å². The highest BCUT2D eigenvalue weighted by molar-refractivity contribution is 5.89. The molecule has 4 nitrogen and oxygen atoms in total. The van der Waals surface area contributed by atoms with E-state index in [2.05, 4.69) is 71.2 Å². The van der Waals surface area contributed by atoms with Crippen molar-refractivity contribution in [2.75, 3.05) is 5.32 Å². The Kier molecular flexibility index (Phi) is 6.76. The molecule has 31 heavy (non-hydrogen) atoms. The summed E-state index contributed by atoms with van der Waals surface area (Å²) < 4.78 is 2.27. The highest BCUT2D eigenvalue weighted by Gasteiger charge is 2.26. The van der Waals surface area contributed by atoms with E-state index in [1.165, 1.54) is 41.6 Å². The third kappa shape index (κ3) is 5.57. The molecule has 1 saturated carbocycles.